The van der Waals surface area contributed by atoms with Crippen LogP contribution in [-0.4, -0.2) is 6.54 Å². The highest BCUT2D eigenvalue weighted by Gasteiger charge is 2.11. The Morgan fingerprint density at radius 3 is 2.46 bits per heavy atom. The summed E-state index contributed by atoms with van der Waals surface area (Å²) in [7, 11) is 0. The first-order chi connectivity index (χ1) is 6.22. The summed E-state index contributed by atoms with van der Waals surface area (Å²) in [5, 5.41) is 3.19. The number of nitrogens with one attached hydrogen (secondary N) is 1. The first-order valence-corrected chi connectivity index (χ1v) is 5.17. The number of unbranched alkanes of at least 4 members (excludes halogenated alkanes) is 1. The maximum absolute atomic E-state index is 3.73. The van der Waals surface area contributed by atoms with Gasteiger partial charge in [-0.2, -0.15) is 0 Å². The van der Waals surface area contributed by atoms with Gasteiger partial charge in [0.05, 0.1) is 0 Å². The summed E-state index contributed by atoms with van der Waals surface area (Å²) in [6, 6.07) is 0. The van der Waals surface area contributed by atoms with Gasteiger partial charge in [-0.15, -0.1) is 6.58 Å². The molecule has 76 valence electrons. The number of hydrogen-bond donors (Lipinski definition) is 1. The van der Waals surface area contributed by atoms with Crippen LogP contribution in [0.25, 0.3) is 0 Å². The van der Waals surface area contributed by atoms with E-state index in [2.05, 4.69) is 32.3 Å². The van der Waals surface area contributed by atoms with Gasteiger partial charge in [0.2, 0.25) is 0 Å². The molecule has 0 amide bonds. The SMILES string of the molecule is C=CCCCC(CNC=C)C(C)C. The van der Waals surface area contributed by atoms with Gasteiger partial charge in [-0.05, 0) is 37.3 Å². The fraction of sp³-hybridized carbons (Fsp3) is 0.667. The zero-order valence-corrected chi connectivity index (χ0v) is 9.05. The van der Waals surface area contributed by atoms with E-state index in [4.69, 9.17) is 0 Å². The molecule has 0 aliphatic rings. The Morgan fingerprint density at radius 1 is 1.31 bits per heavy atom. The molecule has 0 rings (SSSR count). The highest BCUT2D eigenvalue weighted by molar-refractivity contribution is 4.73. The minimum atomic E-state index is 0.747. The highest BCUT2D eigenvalue weighted by Crippen LogP contribution is 2.17. The molecule has 0 aliphatic carbocycles. The highest BCUT2D eigenvalue weighted by atomic mass is 14.8. The third kappa shape index (κ3) is 6.44. The molecule has 1 nitrogen and oxygen atoms in total. The van der Waals surface area contributed by atoms with Crippen molar-refractivity contribution in [3.8, 4) is 0 Å². The molecule has 1 atom stereocenters. The monoisotopic (exact) mass is 181 g/mol. The third-order valence-corrected chi connectivity index (χ3v) is 2.45. The zero-order valence-electron chi connectivity index (χ0n) is 9.05. The first-order valence-electron chi connectivity index (χ1n) is 5.17. The van der Waals surface area contributed by atoms with E-state index in [0.717, 1.165) is 24.8 Å². The van der Waals surface area contributed by atoms with Crippen LogP contribution in [0.4, 0.5) is 0 Å². The van der Waals surface area contributed by atoms with Crippen molar-refractivity contribution in [3.05, 3.63) is 25.4 Å². The molecule has 0 aromatic carbocycles. The summed E-state index contributed by atoms with van der Waals surface area (Å²) in [6.07, 6.45) is 7.45. The van der Waals surface area contributed by atoms with Crippen LogP contribution in [-0.2, 0) is 0 Å². The van der Waals surface area contributed by atoms with Crippen LogP contribution in [0.2, 0.25) is 0 Å². The van der Waals surface area contributed by atoms with Crippen molar-refractivity contribution in [3.63, 3.8) is 0 Å². The molecule has 0 heterocycles. The van der Waals surface area contributed by atoms with Crippen LogP contribution in [0.15, 0.2) is 25.4 Å². The van der Waals surface area contributed by atoms with Gasteiger partial charge < -0.3 is 5.32 Å². The lowest BCUT2D eigenvalue weighted by Crippen LogP contribution is -2.22. The van der Waals surface area contributed by atoms with Gasteiger partial charge in [-0.1, -0.05) is 26.5 Å². The van der Waals surface area contributed by atoms with Crippen molar-refractivity contribution in [1.29, 1.82) is 0 Å². The molecule has 1 unspecified atom stereocenters. The second-order valence-electron chi connectivity index (χ2n) is 3.84. The molecule has 0 spiro atoms. The van der Waals surface area contributed by atoms with E-state index in [1.165, 1.54) is 12.8 Å². The smallest absolute Gasteiger partial charge is 0.0172 e. The molecule has 0 fully saturated rings. The molecule has 0 saturated carbocycles. The standard InChI is InChI=1S/C12H23N/c1-5-7-8-9-12(11(3)4)10-13-6-2/h5-6,11-13H,1-2,7-10H2,3-4H3. The molecule has 0 bridgehead atoms. The number of rotatable bonds is 8. The van der Waals surface area contributed by atoms with E-state index in [-0.39, 0.29) is 0 Å². The van der Waals surface area contributed by atoms with E-state index in [0.29, 0.717) is 0 Å². The normalized spacial score (nSPS) is 12.5. The molecular weight excluding hydrogens is 158 g/mol. The summed E-state index contributed by atoms with van der Waals surface area (Å²) in [5.74, 6) is 1.51. The molecule has 0 saturated heterocycles. The summed E-state index contributed by atoms with van der Waals surface area (Å²) >= 11 is 0. The average molecular weight is 181 g/mol. The van der Waals surface area contributed by atoms with Gasteiger partial charge in [-0.3, -0.25) is 0 Å². The molecule has 0 aromatic heterocycles. The number of allylic oxidation sites excluding steroid dienone is 1. The Morgan fingerprint density at radius 2 is 2.00 bits per heavy atom. The maximum Gasteiger partial charge on any atom is 0.0172 e. The molecular formula is C12H23N. The van der Waals surface area contributed by atoms with Crippen LogP contribution < -0.4 is 5.32 Å². The minimum absolute atomic E-state index is 0.747. The van der Waals surface area contributed by atoms with E-state index in [1.54, 1.807) is 6.20 Å². The second kappa shape index (κ2) is 7.90. The van der Waals surface area contributed by atoms with E-state index < -0.39 is 0 Å². The third-order valence-electron chi connectivity index (χ3n) is 2.45. The van der Waals surface area contributed by atoms with Crippen molar-refractivity contribution in [2.75, 3.05) is 6.54 Å². The summed E-state index contributed by atoms with van der Waals surface area (Å²) < 4.78 is 0. The van der Waals surface area contributed by atoms with Crippen LogP contribution in [0.1, 0.15) is 33.1 Å². The Balaban J connectivity index is 3.66. The molecule has 0 aliphatic heterocycles. The lowest BCUT2D eigenvalue weighted by atomic mass is 9.90. The topological polar surface area (TPSA) is 12.0 Å². The Labute approximate surface area is 82.9 Å². The largest absolute Gasteiger partial charge is 0.391 e. The van der Waals surface area contributed by atoms with Crippen molar-refractivity contribution >= 4 is 0 Å². The van der Waals surface area contributed by atoms with Crippen LogP contribution in [0.5, 0.6) is 0 Å². The molecule has 13 heavy (non-hydrogen) atoms. The summed E-state index contributed by atoms with van der Waals surface area (Å²) in [4.78, 5) is 0. The summed E-state index contributed by atoms with van der Waals surface area (Å²) in [6.45, 7) is 13.0. The Hall–Kier alpha value is -0.720. The predicted octanol–water partition coefficient (Wildman–Crippen LogP) is 3.35. The van der Waals surface area contributed by atoms with Gasteiger partial charge in [0.25, 0.3) is 0 Å². The van der Waals surface area contributed by atoms with Crippen molar-refractivity contribution in [2.24, 2.45) is 11.8 Å². The van der Waals surface area contributed by atoms with Gasteiger partial charge in [-0.25, -0.2) is 0 Å². The quantitative estimate of drug-likeness (QED) is 0.447. The maximum atomic E-state index is 3.73. The lowest BCUT2D eigenvalue weighted by molar-refractivity contribution is 0.347. The van der Waals surface area contributed by atoms with Crippen LogP contribution >= 0.6 is 0 Å². The lowest BCUT2D eigenvalue weighted by Gasteiger charge is -2.20. The Kier molecular flexibility index (Phi) is 7.47. The first kappa shape index (κ1) is 12.3. The fourth-order valence-electron chi connectivity index (χ4n) is 1.43. The summed E-state index contributed by atoms with van der Waals surface area (Å²) in [5.41, 5.74) is 0. The zero-order chi connectivity index (χ0) is 10.1. The Bertz CT molecular complexity index is 138. The predicted molar refractivity (Wildman–Crippen MR) is 60.6 cm³/mol. The molecule has 0 aromatic rings. The van der Waals surface area contributed by atoms with Crippen molar-refractivity contribution in [2.45, 2.75) is 33.1 Å². The molecule has 1 heteroatoms. The van der Waals surface area contributed by atoms with E-state index in [9.17, 15) is 0 Å². The van der Waals surface area contributed by atoms with Crippen molar-refractivity contribution in [1.82, 2.24) is 5.32 Å². The van der Waals surface area contributed by atoms with Crippen LogP contribution in [0.3, 0.4) is 0 Å². The van der Waals surface area contributed by atoms with Crippen molar-refractivity contribution < 1.29 is 0 Å². The van der Waals surface area contributed by atoms with Gasteiger partial charge in [0, 0.05) is 6.54 Å². The number of hydrogen-bond acceptors (Lipinski definition) is 1. The molecule has 1 N–H and O–H groups in total. The van der Waals surface area contributed by atoms with Gasteiger partial charge in [0.1, 0.15) is 0 Å². The minimum Gasteiger partial charge on any atom is -0.391 e. The van der Waals surface area contributed by atoms with Gasteiger partial charge in [0.15, 0.2) is 0 Å². The molecule has 0 radical (unpaired) electrons. The van der Waals surface area contributed by atoms with Crippen LogP contribution in [0, 0.1) is 11.8 Å². The van der Waals surface area contributed by atoms with E-state index >= 15 is 0 Å². The van der Waals surface area contributed by atoms with E-state index in [1.807, 2.05) is 6.08 Å². The second-order valence-corrected chi connectivity index (χ2v) is 3.84. The fourth-order valence-corrected chi connectivity index (χ4v) is 1.43. The average Bonchev–Trinajstić information content (AvgIpc) is 2.10. The van der Waals surface area contributed by atoms with Gasteiger partial charge >= 0.3 is 0 Å².